The third kappa shape index (κ3) is 1.61. The van der Waals surface area contributed by atoms with Crippen LogP contribution in [0.2, 0.25) is 0 Å². The molecule has 1 amide bonds. The molecule has 1 aromatic heterocycles. The average molecular weight is 391 g/mol. The summed E-state index contributed by atoms with van der Waals surface area (Å²) in [5.74, 6) is 0.705. The molecule has 29 heavy (non-hydrogen) atoms. The van der Waals surface area contributed by atoms with E-state index in [4.69, 9.17) is 19.2 Å². The van der Waals surface area contributed by atoms with E-state index < -0.39 is 0 Å². The van der Waals surface area contributed by atoms with Gasteiger partial charge in [0, 0.05) is 11.9 Å². The van der Waals surface area contributed by atoms with Crippen molar-refractivity contribution in [1.29, 1.82) is 0 Å². The molecule has 5 heterocycles. The quantitative estimate of drug-likeness (QED) is 0.780. The van der Waals surface area contributed by atoms with Gasteiger partial charge in [0.1, 0.15) is 24.8 Å². The summed E-state index contributed by atoms with van der Waals surface area (Å²) in [6, 6.07) is 7.88. The maximum absolute atomic E-state index is 13.0. The Hall–Kier alpha value is -2.48. The second-order valence-electron chi connectivity index (χ2n) is 8.76. The SMILES string of the molecule is C=CC1[C@H]2OCO[C@H]2C23CC24c2nc5ccc(OC)cc5cc2C(=O)NC4CN13. The van der Waals surface area contributed by atoms with E-state index in [9.17, 15) is 4.79 Å². The van der Waals surface area contributed by atoms with Gasteiger partial charge >= 0.3 is 0 Å². The molecule has 0 radical (unpaired) electrons. The summed E-state index contributed by atoms with van der Waals surface area (Å²) >= 11 is 0. The fraction of sp³-hybridized carbons (Fsp3) is 0.455. The number of aromatic nitrogens is 1. The highest BCUT2D eigenvalue weighted by Crippen LogP contribution is 2.74. The molecule has 7 rings (SSSR count). The molecule has 4 fully saturated rings. The maximum atomic E-state index is 13.0. The van der Waals surface area contributed by atoms with Crippen molar-refractivity contribution in [3.8, 4) is 5.75 Å². The van der Waals surface area contributed by atoms with E-state index in [0.29, 0.717) is 12.4 Å². The molecule has 2 spiro atoms. The van der Waals surface area contributed by atoms with E-state index in [0.717, 1.165) is 35.3 Å². The number of hydrogen-bond donors (Lipinski definition) is 1. The molecule has 1 saturated carbocycles. The minimum Gasteiger partial charge on any atom is -0.497 e. The zero-order valence-electron chi connectivity index (χ0n) is 16.1. The van der Waals surface area contributed by atoms with Gasteiger partial charge in [-0.05, 0) is 30.7 Å². The molecular formula is C22H21N3O4. The summed E-state index contributed by atoms with van der Waals surface area (Å²) < 4.78 is 17.4. The van der Waals surface area contributed by atoms with Crippen LogP contribution in [0.3, 0.4) is 0 Å². The van der Waals surface area contributed by atoms with Crippen molar-refractivity contribution < 1.29 is 19.0 Å². The fourth-order valence-electron chi connectivity index (χ4n) is 6.74. The van der Waals surface area contributed by atoms with Gasteiger partial charge in [-0.3, -0.25) is 14.7 Å². The van der Waals surface area contributed by atoms with Crippen LogP contribution in [0.5, 0.6) is 5.75 Å². The molecule has 2 aromatic rings. The molecular weight excluding hydrogens is 370 g/mol. The number of pyridine rings is 1. The number of carbonyl (C=O) groups is 1. The molecule has 5 aliphatic rings. The third-order valence-electron chi connectivity index (χ3n) is 7.89. The Morgan fingerprint density at radius 3 is 3.10 bits per heavy atom. The average Bonchev–Trinajstić information content (AvgIpc) is 2.98. The van der Waals surface area contributed by atoms with Crippen molar-refractivity contribution in [2.45, 2.75) is 41.7 Å². The Kier molecular flexibility index (Phi) is 2.80. The highest BCUT2D eigenvalue weighted by atomic mass is 16.7. The highest BCUT2D eigenvalue weighted by molar-refractivity contribution is 6.01. The van der Waals surface area contributed by atoms with Crippen LogP contribution in [-0.4, -0.2) is 66.1 Å². The van der Waals surface area contributed by atoms with E-state index in [2.05, 4.69) is 16.8 Å². The Morgan fingerprint density at radius 2 is 2.28 bits per heavy atom. The summed E-state index contributed by atoms with van der Waals surface area (Å²) in [6.45, 7) is 5.14. The molecule has 7 nitrogen and oxygen atoms in total. The highest BCUT2D eigenvalue weighted by Gasteiger charge is 2.88. The number of carbonyl (C=O) groups excluding carboxylic acids is 1. The van der Waals surface area contributed by atoms with Crippen LogP contribution >= 0.6 is 0 Å². The summed E-state index contributed by atoms with van der Waals surface area (Å²) in [4.78, 5) is 20.5. The van der Waals surface area contributed by atoms with Crippen molar-refractivity contribution in [2.24, 2.45) is 0 Å². The lowest BCUT2D eigenvalue weighted by molar-refractivity contribution is -0.0118. The maximum Gasteiger partial charge on any atom is 0.253 e. The Balaban J connectivity index is 1.45. The molecule has 4 unspecified atom stereocenters. The number of benzene rings is 1. The van der Waals surface area contributed by atoms with E-state index in [1.54, 1.807) is 7.11 Å². The van der Waals surface area contributed by atoms with E-state index in [1.807, 2.05) is 30.3 Å². The molecule has 6 atom stereocenters. The van der Waals surface area contributed by atoms with E-state index in [-0.39, 0.29) is 41.2 Å². The first-order chi connectivity index (χ1) is 14.1. The predicted octanol–water partition coefficient (Wildman–Crippen LogP) is 1.36. The van der Waals surface area contributed by atoms with Crippen LogP contribution in [0.4, 0.5) is 0 Å². The van der Waals surface area contributed by atoms with Gasteiger partial charge < -0.3 is 19.5 Å². The minimum absolute atomic E-state index is 0.00128. The number of nitrogens with zero attached hydrogens (tertiary/aromatic N) is 2. The lowest BCUT2D eigenvalue weighted by atomic mass is 9.81. The van der Waals surface area contributed by atoms with E-state index in [1.165, 1.54) is 0 Å². The standard InChI is InChI=1S/C22H21N3O4/c1-3-15-17-19(29-10-28-17)22-9-21(22)16(8-25(15)22)24-20(26)13-7-11-6-12(27-2)4-5-14(11)23-18(13)21/h3-7,15-17,19H,1,8-10H2,2H3,(H,24,26)/t15?,16?,17-,19-,21?,22?/m1/s1. The van der Waals surface area contributed by atoms with Crippen molar-refractivity contribution in [2.75, 3.05) is 20.4 Å². The zero-order chi connectivity index (χ0) is 19.5. The van der Waals surface area contributed by atoms with Gasteiger partial charge in [-0.1, -0.05) is 6.08 Å². The van der Waals surface area contributed by atoms with Crippen molar-refractivity contribution in [3.63, 3.8) is 0 Å². The Labute approximate surface area is 167 Å². The number of amides is 1. The van der Waals surface area contributed by atoms with Crippen molar-refractivity contribution in [1.82, 2.24) is 15.2 Å². The summed E-state index contributed by atoms with van der Waals surface area (Å²) in [6.07, 6.45) is 2.86. The first-order valence-corrected chi connectivity index (χ1v) is 10.1. The predicted molar refractivity (Wildman–Crippen MR) is 104 cm³/mol. The second-order valence-corrected chi connectivity index (χ2v) is 8.76. The third-order valence-corrected chi connectivity index (χ3v) is 7.89. The number of hydrogen-bond acceptors (Lipinski definition) is 6. The van der Waals surface area contributed by atoms with Gasteiger partial charge in [0.2, 0.25) is 0 Å². The molecule has 4 aliphatic heterocycles. The van der Waals surface area contributed by atoms with Gasteiger partial charge in [0.15, 0.2) is 0 Å². The molecule has 1 N–H and O–H groups in total. The molecule has 148 valence electrons. The molecule has 1 aromatic carbocycles. The second kappa shape index (κ2) is 4.98. The normalized spacial score (nSPS) is 41.2. The molecule has 7 heteroatoms. The molecule has 3 saturated heterocycles. The zero-order valence-corrected chi connectivity index (χ0v) is 16.1. The molecule has 1 aliphatic carbocycles. The van der Waals surface area contributed by atoms with Crippen LogP contribution in [0.25, 0.3) is 10.9 Å². The van der Waals surface area contributed by atoms with Gasteiger partial charge in [-0.15, -0.1) is 6.58 Å². The Bertz CT molecular complexity index is 1120. The van der Waals surface area contributed by atoms with Crippen molar-refractivity contribution >= 4 is 16.8 Å². The summed E-state index contributed by atoms with van der Waals surface area (Å²) in [5.41, 5.74) is 2.03. The smallest absolute Gasteiger partial charge is 0.253 e. The first-order valence-electron chi connectivity index (χ1n) is 10.1. The number of ether oxygens (including phenoxy) is 3. The summed E-state index contributed by atoms with van der Waals surface area (Å²) in [5, 5.41) is 4.18. The van der Waals surface area contributed by atoms with Gasteiger partial charge in [0.05, 0.1) is 46.9 Å². The number of nitrogens with one attached hydrogen (secondary N) is 1. The first kappa shape index (κ1) is 16.3. The van der Waals surface area contributed by atoms with Crippen LogP contribution in [-0.2, 0) is 14.9 Å². The lowest BCUT2D eigenvalue weighted by Gasteiger charge is -2.32. The van der Waals surface area contributed by atoms with Crippen LogP contribution in [0.1, 0.15) is 22.5 Å². The number of methoxy groups -OCH3 is 1. The number of piperidine rings is 1. The number of fused-ring (bicyclic) bond motifs is 3. The van der Waals surface area contributed by atoms with E-state index >= 15 is 0 Å². The van der Waals surface area contributed by atoms with Gasteiger partial charge in [-0.25, -0.2) is 0 Å². The molecule has 0 bridgehead atoms. The summed E-state index contributed by atoms with van der Waals surface area (Å²) in [7, 11) is 1.64. The fourth-order valence-corrected chi connectivity index (χ4v) is 6.74. The Morgan fingerprint density at radius 1 is 1.38 bits per heavy atom. The van der Waals surface area contributed by atoms with Gasteiger partial charge in [0.25, 0.3) is 5.91 Å². The van der Waals surface area contributed by atoms with Crippen LogP contribution < -0.4 is 10.1 Å². The van der Waals surface area contributed by atoms with Crippen LogP contribution in [0, 0.1) is 0 Å². The van der Waals surface area contributed by atoms with Crippen LogP contribution in [0.15, 0.2) is 36.9 Å². The monoisotopic (exact) mass is 391 g/mol. The van der Waals surface area contributed by atoms with Gasteiger partial charge in [-0.2, -0.15) is 0 Å². The topological polar surface area (TPSA) is 72.9 Å². The lowest BCUT2D eigenvalue weighted by Crippen LogP contribution is -2.52. The minimum atomic E-state index is -0.237. The van der Waals surface area contributed by atoms with Crippen molar-refractivity contribution in [3.05, 3.63) is 48.2 Å². The number of rotatable bonds is 2. The largest absolute Gasteiger partial charge is 0.497 e.